The Hall–Kier alpha value is -1.29. The van der Waals surface area contributed by atoms with Crippen LogP contribution in [0.4, 0.5) is 0 Å². The Bertz CT molecular complexity index is 295. The van der Waals surface area contributed by atoms with Crippen LogP contribution in [0.1, 0.15) is 26.0 Å². The molecule has 1 heterocycles. The summed E-state index contributed by atoms with van der Waals surface area (Å²) in [4.78, 5) is 11.2. The van der Waals surface area contributed by atoms with Crippen LogP contribution in [0.3, 0.4) is 0 Å². The third-order valence-electron chi connectivity index (χ3n) is 2.22. The average Bonchev–Trinajstić information content (AvgIpc) is 2.70. The summed E-state index contributed by atoms with van der Waals surface area (Å²) in [6.45, 7) is 5.03. The van der Waals surface area contributed by atoms with Gasteiger partial charge in [-0.3, -0.25) is 4.79 Å². The van der Waals surface area contributed by atoms with Gasteiger partial charge in [-0.2, -0.15) is 0 Å². The second kappa shape index (κ2) is 7.06. The molecule has 0 bridgehead atoms. The van der Waals surface area contributed by atoms with Crippen molar-refractivity contribution in [1.29, 1.82) is 0 Å². The van der Waals surface area contributed by atoms with Crippen LogP contribution in [0.5, 0.6) is 0 Å². The molecule has 0 spiro atoms. The minimum atomic E-state index is -0.152. The van der Waals surface area contributed by atoms with Crippen LogP contribution in [0, 0.1) is 0 Å². The molecule has 0 radical (unpaired) electrons. The van der Waals surface area contributed by atoms with Gasteiger partial charge in [0.15, 0.2) is 0 Å². The van der Waals surface area contributed by atoms with E-state index in [1.165, 1.54) is 0 Å². The van der Waals surface area contributed by atoms with Gasteiger partial charge in [0.05, 0.1) is 19.3 Å². The second-order valence-corrected chi connectivity index (χ2v) is 3.69. The number of ether oxygens (including phenoxy) is 1. The summed E-state index contributed by atoms with van der Waals surface area (Å²) in [6, 6.07) is 3.95. The van der Waals surface area contributed by atoms with Gasteiger partial charge in [0, 0.05) is 19.0 Å². The molecular weight excluding hydrogens is 206 g/mol. The highest BCUT2D eigenvalue weighted by Gasteiger charge is 2.08. The van der Waals surface area contributed by atoms with Gasteiger partial charge in [-0.05, 0) is 26.0 Å². The van der Waals surface area contributed by atoms with Gasteiger partial charge in [0.25, 0.3) is 0 Å². The zero-order chi connectivity index (χ0) is 11.8. The predicted octanol–water partition coefficient (Wildman–Crippen LogP) is 1.75. The van der Waals surface area contributed by atoms with Crippen molar-refractivity contribution in [2.75, 3.05) is 13.2 Å². The first-order chi connectivity index (χ1) is 7.72. The summed E-state index contributed by atoms with van der Waals surface area (Å²) >= 11 is 0. The summed E-state index contributed by atoms with van der Waals surface area (Å²) in [5.41, 5.74) is 0. The van der Waals surface area contributed by atoms with Crippen molar-refractivity contribution in [3.8, 4) is 0 Å². The highest BCUT2D eigenvalue weighted by molar-refractivity contribution is 5.69. The van der Waals surface area contributed by atoms with E-state index < -0.39 is 0 Å². The maximum absolute atomic E-state index is 11.2. The van der Waals surface area contributed by atoms with Crippen LogP contribution in [-0.2, 0) is 16.0 Å². The summed E-state index contributed by atoms with van der Waals surface area (Å²) in [7, 11) is 0. The number of hydrogen-bond acceptors (Lipinski definition) is 4. The quantitative estimate of drug-likeness (QED) is 0.718. The number of rotatable bonds is 7. The molecule has 1 aromatic rings. The SMILES string of the molecule is CCOC(=O)CC(C)NCCc1ccco1. The van der Waals surface area contributed by atoms with Crippen LogP contribution in [-0.4, -0.2) is 25.2 Å². The van der Waals surface area contributed by atoms with Gasteiger partial charge in [-0.1, -0.05) is 0 Å². The second-order valence-electron chi connectivity index (χ2n) is 3.69. The summed E-state index contributed by atoms with van der Waals surface area (Å²) in [5.74, 6) is 0.802. The lowest BCUT2D eigenvalue weighted by Gasteiger charge is -2.12. The Balaban J connectivity index is 2.10. The van der Waals surface area contributed by atoms with E-state index in [-0.39, 0.29) is 12.0 Å². The van der Waals surface area contributed by atoms with Crippen LogP contribution >= 0.6 is 0 Å². The highest BCUT2D eigenvalue weighted by atomic mass is 16.5. The fraction of sp³-hybridized carbons (Fsp3) is 0.583. The molecule has 1 N–H and O–H groups in total. The first-order valence-electron chi connectivity index (χ1n) is 5.63. The molecule has 90 valence electrons. The van der Waals surface area contributed by atoms with Crippen molar-refractivity contribution in [3.63, 3.8) is 0 Å². The Morgan fingerprint density at radius 3 is 3.06 bits per heavy atom. The lowest BCUT2D eigenvalue weighted by molar-refractivity contribution is -0.143. The molecule has 0 aliphatic rings. The molecule has 1 rings (SSSR count). The molecule has 0 fully saturated rings. The van der Waals surface area contributed by atoms with Gasteiger partial charge in [-0.25, -0.2) is 0 Å². The lowest BCUT2D eigenvalue weighted by Crippen LogP contribution is -2.30. The number of esters is 1. The molecule has 0 saturated carbocycles. The molecule has 0 aliphatic heterocycles. The van der Waals surface area contributed by atoms with E-state index in [1.54, 1.807) is 6.26 Å². The molecule has 4 nitrogen and oxygen atoms in total. The largest absolute Gasteiger partial charge is 0.469 e. The Labute approximate surface area is 96.0 Å². The molecule has 0 aliphatic carbocycles. The highest BCUT2D eigenvalue weighted by Crippen LogP contribution is 2.00. The van der Waals surface area contributed by atoms with Gasteiger partial charge in [0.2, 0.25) is 0 Å². The van der Waals surface area contributed by atoms with E-state index in [0.29, 0.717) is 13.0 Å². The van der Waals surface area contributed by atoms with Gasteiger partial charge in [-0.15, -0.1) is 0 Å². The van der Waals surface area contributed by atoms with E-state index in [0.717, 1.165) is 18.7 Å². The van der Waals surface area contributed by atoms with Gasteiger partial charge >= 0.3 is 5.97 Å². The number of nitrogens with one attached hydrogen (secondary N) is 1. The van der Waals surface area contributed by atoms with E-state index in [9.17, 15) is 4.79 Å². The topological polar surface area (TPSA) is 51.5 Å². The van der Waals surface area contributed by atoms with Crippen molar-refractivity contribution in [1.82, 2.24) is 5.32 Å². The molecule has 0 amide bonds. The van der Waals surface area contributed by atoms with Crippen molar-refractivity contribution < 1.29 is 13.9 Å². The fourth-order valence-corrected chi connectivity index (χ4v) is 1.44. The van der Waals surface area contributed by atoms with Crippen molar-refractivity contribution in [2.24, 2.45) is 0 Å². The fourth-order valence-electron chi connectivity index (χ4n) is 1.44. The Morgan fingerprint density at radius 2 is 2.44 bits per heavy atom. The maximum atomic E-state index is 11.2. The molecule has 1 unspecified atom stereocenters. The standard InChI is InChI=1S/C12H19NO3/c1-3-15-12(14)9-10(2)13-7-6-11-5-4-8-16-11/h4-5,8,10,13H,3,6-7,9H2,1-2H3. The van der Waals surface area contributed by atoms with Crippen molar-refractivity contribution >= 4 is 5.97 Å². The number of furan rings is 1. The summed E-state index contributed by atoms with van der Waals surface area (Å²) in [5, 5.41) is 3.25. The van der Waals surface area contributed by atoms with Crippen molar-refractivity contribution in [2.45, 2.75) is 32.7 Å². The first-order valence-corrected chi connectivity index (χ1v) is 5.63. The Morgan fingerprint density at radius 1 is 1.62 bits per heavy atom. The normalized spacial score (nSPS) is 12.4. The lowest BCUT2D eigenvalue weighted by atomic mass is 10.2. The molecule has 16 heavy (non-hydrogen) atoms. The zero-order valence-electron chi connectivity index (χ0n) is 9.86. The van der Waals surface area contributed by atoms with Crippen LogP contribution in [0.2, 0.25) is 0 Å². The number of carbonyl (C=O) groups is 1. The average molecular weight is 225 g/mol. The molecule has 1 aromatic heterocycles. The smallest absolute Gasteiger partial charge is 0.307 e. The van der Waals surface area contributed by atoms with Crippen molar-refractivity contribution in [3.05, 3.63) is 24.2 Å². The summed E-state index contributed by atoms with van der Waals surface area (Å²) in [6.07, 6.45) is 2.91. The van der Waals surface area contributed by atoms with Crippen LogP contribution in [0.25, 0.3) is 0 Å². The third kappa shape index (κ3) is 4.98. The molecular formula is C12H19NO3. The van der Waals surface area contributed by atoms with Gasteiger partial charge in [0.1, 0.15) is 5.76 Å². The predicted molar refractivity (Wildman–Crippen MR) is 61.1 cm³/mol. The van der Waals surface area contributed by atoms with E-state index in [4.69, 9.17) is 9.15 Å². The number of carbonyl (C=O) groups excluding carboxylic acids is 1. The van der Waals surface area contributed by atoms with Gasteiger partial charge < -0.3 is 14.5 Å². The van der Waals surface area contributed by atoms with Crippen LogP contribution in [0.15, 0.2) is 22.8 Å². The Kier molecular flexibility index (Phi) is 5.64. The number of hydrogen-bond donors (Lipinski definition) is 1. The van der Waals surface area contributed by atoms with Crippen LogP contribution < -0.4 is 5.32 Å². The van der Waals surface area contributed by atoms with E-state index >= 15 is 0 Å². The molecule has 0 aromatic carbocycles. The van der Waals surface area contributed by atoms with E-state index in [1.807, 2.05) is 26.0 Å². The molecule has 0 saturated heterocycles. The monoisotopic (exact) mass is 225 g/mol. The first kappa shape index (κ1) is 12.8. The molecule has 1 atom stereocenters. The maximum Gasteiger partial charge on any atom is 0.307 e. The van der Waals surface area contributed by atoms with E-state index in [2.05, 4.69) is 5.32 Å². The molecule has 4 heteroatoms. The minimum Gasteiger partial charge on any atom is -0.469 e. The zero-order valence-corrected chi connectivity index (χ0v) is 9.86. The minimum absolute atomic E-state index is 0.133. The summed E-state index contributed by atoms with van der Waals surface area (Å²) < 4.78 is 10.1. The third-order valence-corrected chi connectivity index (χ3v) is 2.22.